The molecular weight excluding hydrogens is 386 g/mol. The molecular formula is C19H27NO7S. The van der Waals surface area contributed by atoms with Crippen molar-refractivity contribution in [3.05, 3.63) is 35.9 Å². The number of carboxylic acid groups (broad SMARTS) is 1. The average Bonchev–Trinajstić information content (AvgIpc) is 2.60. The number of carbonyl (C=O) groups is 3. The Labute approximate surface area is 165 Å². The van der Waals surface area contributed by atoms with Gasteiger partial charge in [0.2, 0.25) is 5.91 Å². The summed E-state index contributed by atoms with van der Waals surface area (Å²) in [5.41, 5.74) is -0.756. The Morgan fingerprint density at radius 2 is 1.64 bits per heavy atom. The van der Waals surface area contributed by atoms with Crippen molar-refractivity contribution in [1.29, 1.82) is 0 Å². The van der Waals surface area contributed by atoms with Gasteiger partial charge in [0, 0.05) is 0 Å². The number of amides is 1. The summed E-state index contributed by atoms with van der Waals surface area (Å²) in [7, 11) is -3.02. The van der Waals surface area contributed by atoms with E-state index in [9.17, 15) is 27.9 Å². The van der Waals surface area contributed by atoms with Gasteiger partial charge in [-0.25, -0.2) is 13.2 Å². The van der Waals surface area contributed by atoms with Gasteiger partial charge >= 0.3 is 11.9 Å². The summed E-state index contributed by atoms with van der Waals surface area (Å²) in [6.07, 6.45) is 0.0146. The van der Waals surface area contributed by atoms with Crippen LogP contribution in [-0.2, 0) is 35.4 Å². The van der Waals surface area contributed by atoms with Crippen LogP contribution in [0.1, 0.15) is 33.3 Å². The molecule has 0 heterocycles. The lowest BCUT2D eigenvalue weighted by Gasteiger charge is -2.30. The smallest absolute Gasteiger partial charge is 0.330 e. The molecule has 1 atom stereocenters. The number of benzene rings is 1. The zero-order valence-corrected chi connectivity index (χ0v) is 17.5. The summed E-state index contributed by atoms with van der Waals surface area (Å²) in [5.74, 6) is -4.84. The molecule has 8 nitrogen and oxygen atoms in total. The van der Waals surface area contributed by atoms with Crippen LogP contribution in [0.2, 0.25) is 0 Å². The fourth-order valence-corrected chi connectivity index (χ4v) is 4.01. The van der Waals surface area contributed by atoms with Crippen LogP contribution < -0.4 is 5.32 Å². The number of methoxy groups -OCH3 is 1. The van der Waals surface area contributed by atoms with Crippen LogP contribution in [0.5, 0.6) is 0 Å². The Kier molecular flexibility index (Phi) is 7.36. The minimum atomic E-state index is -4.17. The highest BCUT2D eigenvalue weighted by Crippen LogP contribution is 2.23. The summed E-state index contributed by atoms with van der Waals surface area (Å²) in [6.45, 7) is 5.14. The van der Waals surface area contributed by atoms with Gasteiger partial charge in [-0.2, -0.15) is 0 Å². The highest BCUT2D eigenvalue weighted by atomic mass is 32.2. The first kappa shape index (κ1) is 23.6. The van der Waals surface area contributed by atoms with Crippen molar-refractivity contribution < 1.29 is 32.6 Å². The number of nitrogens with one attached hydrogen (secondary N) is 1. The molecule has 1 aromatic carbocycles. The Balaban J connectivity index is 3.05. The standard InChI is InChI=1S/C19H27NO7S/c1-18(2,17(24)27-5)20-16(23)19(3,4)28(25,26)12-14(15(21)22)11-13-9-7-6-8-10-13/h6-10,14H,11-12H2,1-5H3,(H,20,23)(H,21,22). The van der Waals surface area contributed by atoms with E-state index < -0.39 is 49.6 Å². The molecule has 9 heteroatoms. The second-order valence-corrected chi connectivity index (χ2v) is 10.2. The first-order valence-corrected chi connectivity index (χ1v) is 10.3. The van der Waals surface area contributed by atoms with Crippen LogP contribution in [0.4, 0.5) is 0 Å². The number of hydrogen-bond acceptors (Lipinski definition) is 6. The van der Waals surface area contributed by atoms with Gasteiger partial charge in [-0.3, -0.25) is 9.59 Å². The Morgan fingerprint density at radius 1 is 1.11 bits per heavy atom. The fourth-order valence-electron chi connectivity index (χ4n) is 2.47. The molecule has 0 radical (unpaired) electrons. The lowest BCUT2D eigenvalue weighted by Crippen LogP contribution is -2.58. The summed E-state index contributed by atoms with van der Waals surface area (Å²) < 4.78 is 28.4. The summed E-state index contributed by atoms with van der Waals surface area (Å²) in [6, 6.07) is 8.65. The van der Waals surface area contributed by atoms with Crippen LogP contribution in [-0.4, -0.2) is 54.5 Å². The van der Waals surface area contributed by atoms with E-state index in [0.29, 0.717) is 5.56 Å². The third kappa shape index (κ3) is 5.54. The van der Waals surface area contributed by atoms with Crippen molar-refractivity contribution in [3.8, 4) is 0 Å². The van der Waals surface area contributed by atoms with Crippen LogP contribution >= 0.6 is 0 Å². The number of carbonyl (C=O) groups excluding carboxylic acids is 2. The number of carboxylic acids is 1. The molecule has 28 heavy (non-hydrogen) atoms. The molecule has 1 aromatic rings. The lowest BCUT2D eigenvalue weighted by atomic mass is 10.0. The molecule has 0 spiro atoms. The van der Waals surface area contributed by atoms with Crippen molar-refractivity contribution in [3.63, 3.8) is 0 Å². The third-order valence-corrected chi connectivity index (χ3v) is 7.12. The summed E-state index contributed by atoms with van der Waals surface area (Å²) in [4.78, 5) is 36.0. The van der Waals surface area contributed by atoms with Crippen molar-refractivity contribution in [1.82, 2.24) is 5.32 Å². The van der Waals surface area contributed by atoms with Crippen LogP contribution in [0.25, 0.3) is 0 Å². The quantitative estimate of drug-likeness (QED) is 0.582. The molecule has 0 fully saturated rings. The maximum absolute atomic E-state index is 12.9. The topological polar surface area (TPSA) is 127 Å². The van der Waals surface area contributed by atoms with Crippen molar-refractivity contribution in [2.24, 2.45) is 5.92 Å². The normalized spacial score (nSPS) is 13.5. The average molecular weight is 413 g/mol. The zero-order chi connectivity index (χ0) is 21.8. The molecule has 0 saturated heterocycles. The van der Waals surface area contributed by atoms with Crippen molar-refractivity contribution in [2.75, 3.05) is 12.9 Å². The number of aliphatic carboxylic acids is 1. The molecule has 1 unspecified atom stereocenters. The van der Waals surface area contributed by atoms with E-state index in [1.54, 1.807) is 30.3 Å². The number of sulfone groups is 1. The minimum Gasteiger partial charge on any atom is -0.481 e. The van der Waals surface area contributed by atoms with Gasteiger partial charge in [0.15, 0.2) is 9.84 Å². The van der Waals surface area contributed by atoms with E-state index in [1.807, 2.05) is 0 Å². The van der Waals surface area contributed by atoms with Crippen LogP contribution in [0.15, 0.2) is 30.3 Å². The first-order valence-electron chi connectivity index (χ1n) is 8.64. The SMILES string of the molecule is COC(=O)C(C)(C)NC(=O)C(C)(C)S(=O)(=O)CC(Cc1ccccc1)C(=O)O. The number of rotatable bonds is 9. The highest BCUT2D eigenvalue weighted by molar-refractivity contribution is 7.93. The Morgan fingerprint density at radius 3 is 2.11 bits per heavy atom. The largest absolute Gasteiger partial charge is 0.481 e. The van der Waals surface area contributed by atoms with Crippen LogP contribution in [0.3, 0.4) is 0 Å². The number of esters is 1. The van der Waals surface area contributed by atoms with Gasteiger partial charge in [0.05, 0.1) is 18.8 Å². The predicted octanol–water partition coefficient (Wildman–Crippen LogP) is 1.19. The molecule has 0 aliphatic rings. The Bertz CT molecular complexity index is 829. The number of hydrogen-bond donors (Lipinski definition) is 2. The second-order valence-electron chi connectivity index (χ2n) is 7.59. The minimum absolute atomic E-state index is 0.0146. The molecule has 0 bridgehead atoms. The maximum Gasteiger partial charge on any atom is 0.330 e. The molecule has 156 valence electrons. The van der Waals surface area contributed by atoms with Crippen LogP contribution in [0, 0.1) is 5.92 Å². The van der Waals surface area contributed by atoms with Gasteiger partial charge in [-0.15, -0.1) is 0 Å². The van der Waals surface area contributed by atoms with E-state index in [1.165, 1.54) is 27.7 Å². The van der Waals surface area contributed by atoms with Gasteiger partial charge < -0.3 is 15.2 Å². The molecule has 0 saturated carbocycles. The summed E-state index contributed by atoms with van der Waals surface area (Å²) in [5, 5.41) is 11.8. The van der Waals surface area contributed by atoms with E-state index in [0.717, 1.165) is 7.11 Å². The molecule has 1 amide bonds. The van der Waals surface area contributed by atoms with Gasteiger partial charge in [0.1, 0.15) is 10.3 Å². The van der Waals surface area contributed by atoms with E-state index in [-0.39, 0.29) is 6.42 Å². The molecule has 0 aromatic heterocycles. The first-order chi connectivity index (χ1) is 12.7. The number of ether oxygens (including phenoxy) is 1. The zero-order valence-electron chi connectivity index (χ0n) is 16.7. The van der Waals surface area contributed by atoms with E-state index in [2.05, 4.69) is 10.1 Å². The monoisotopic (exact) mass is 413 g/mol. The fraction of sp³-hybridized carbons (Fsp3) is 0.526. The lowest BCUT2D eigenvalue weighted by molar-refractivity contribution is -0.149. The third-order valence-electron chi connectivity index (χ3n) is 4.54. The summed E-state index contributed by atoms with van der Waals surface area (Å²) >= 11 is 0. The maximum atomic E-state index is 12.9. The molecule has 2 N–H and O–H groups in total. The molecule has 0 aliphatic carbocycles. The Hall–Kier alpha value is -2.42. The van der Waals surface area contributed by atoms with Gasteiger partial charge in [0.25, 0.3) is 0 Å². The van der Waals surface area contributed by atoms with Gasteiger partial charge in [-0.05, 0) is 39.7 Å². The predicted molar refractivity (Wildman–Crippen MR) is 103 cm³/mol. The van der Waals surface area contributed by atoms with Gasteiger partial charge in [-0.1, -0.05) is 30.3 Å². The molecule has 0 aliphatic heterocycles. The van der Waals surface area contributed by atoms with E-state index in [4.69, 9.17) is 0 Å². The van der Waals surface area contributed by atoms with Crippen molar-refractivity contribution >= 4 is 27.7 Å². The highest BCUT2D eigenvalue weighted by Gasteiger charge is 2.46. The van der Waals surface area contributed by atoms with E-state index >= 15 is 0 Å². The second kappa shape index (κ2) is 8.72. The molecule has 1 rings (SSSR count). The van der Waals surface area contributed by atoms with Crippen molar-refractivity contribution in [2.45, 2.75) is 44.4 Å².